The molecule has 2 N–H and O–H groups in total. The minimum absolute atomic E-state index is 0.0572. The number of pyridine rings is 1. The number of hydrogen-bond donors (Lipinski definition) is 2. The van der Waals surface area contributed by atoms with E-state index in [2.05, 4.69) is 5.32 Å². The maximum absolute atomic E-state index is 12.1. The van der Waals surface area contributed by atoms with Gasteiger partial charge in [0, 0.05) is 18.1 Å². The Morgan fingerprint density at radius 2 is 2.18 bits per heavy atom. The molecule has 0 aliphatic carbocycles. The summed E-state index contributed by atoms with van der Waals surface area (Å²) in [6, 6.07) is 9.09. The monoisotopic (exact) mass is 300 g/mol. The minimum atomic E-state index is -0.371. The van der Waals surface area contributed by atoms with Crippen LogP contribution in [-0.4, -0.2) is 16.8 Å². The summed E-state index contributed by atoms with van der Waals surface area (Å²) in [6.45, 7) is 0.530. The number of rotatable bonds is 4. The lowest BCUT2D eigenvalue weighted by Gasteiger charge is -2.12. The van der Waals surface area contributed by atoms with Crippen LogP contribution in [0.2, 0.25) is 0 Å². The van der Waals surface area contributed by atoms with Crippen LogP contribution in [0.3, 0.4) is 0 Å². The molecule has 2 aromatic heterocycles. The summed E-state index contributed by atoms with van der Waals surface area (Å²) in [5.74, 6) is 0.600. The second-order valence-corrected chi connectivity index (χ2v) is 4.91. The first-order chi connectivity index (χ1) is 10.6. The summed E-state index contributed by atoms with van der Waals surface area (Å²) in [5.41, 5.74) is 1.07. The van der Waals surface area contributed by atoms with E-state index < -0.39 is 0 Å². The number of hydrogen-bond acceptors (Lipinski definition) is 5. The van der Waals surface area contributed by atoms with Gasteiger partial charge >= 0.3 is 0 Å². The van der Waals surface area contributed by atoms with E-state index in [1.165, 1.54) is 11.7 Å². The molecule has 3 aromatic rings. The zero-order valence-corrected chi connectivity index (χ0v) is 12.3. The van der Waals surface area contributed by atoms with Crippen LogP contribution in [0.15, 0.2) is 45.8 Å². The van der Waals surface area contributed by atoms with Gasteiger partial charge in [0.15, 0.2) is 5.75 Å². The second kappa shape index (κ2) is 5.48. The number of aromatic hydroxyl groups is 1. The van der Waals surface area contributed by atoms with E-state index in [4.69, 9.17) is 9.15 Å². The molecule has 0 radical (unpaired) electrons. The standard InChI is InChI=1S/C16H16N2O4/c1-18-13-6-5-10(17-9-11-4-3-7-22-11)8-12(13)14(19)15(21-2)16(18)20/h3-8,17,19H,9H2,1-2H3. The number of nitrogens with one attached hydrogen (secondary N) is 1. The molecular formula is C16H16N2O4. The predicted molar refractivity (Wildman–Crippen MR) is 83.4 cm³/mol. The van der Waals surface area contributed by atoms with Crippen molar-refractivity contribution in [1.82, 2.24) is 4.57 Å². The lowest BCUT2D eigenvalue weighted by Crippen LogP contribution is -2.18. The molecule has 0 amide bonds. The molecule has 0 aliphatic heterocycles. The number of benzene rings is 1. The first-order valence-electron chi connectivity index (χ1n) is 6.77. The Hall–Kier alpha value is -2.89. The fraction of sp³-hybridized carbons (Fsp3) is 0.188. The molecule has 3 rings (SSSR count). The molecule has 114 valence electrons. The van der Waals surface area contributed by atoms with Gasteiger partial charge in [0.2, 0.25) is 5.75 Å². The average molecular weight is 300 g/mol. The van der Waals surface area contributed by atoms with Crippen molar-refractivity contribution in [3.63, 3.8) is 0 Å². The number of aromatic nitrogens is 1. The van der Waals surface area contributed by atoms with E-state index in [0.29, 0.717) is 17.4 Å². The molecule has 1 aromatic carbocycles. The van der Waals surface area contributed by atoms with Gasteiger partial charge in [-0.3, -0.25) is 4.79 Å². The molecule has 6 heteroatoms. The van der Waals surface area contributed by atoms with Gasteiger partial charge in [-0.15, -0.1) is 0 Å². The lowest BCUT2D eigenvalue weighted by molar-refractivity contribution is 0.368. The zero-order valence-electron chi connectivity index (χ0n) is 12.3. The molecule has 2 heterocycles. The number of nitrogens with zero attached hydrogens (tertiary/aromatic N) is 1. The molecule has 0 unspecified atom stereocenters. The van der Waals surface area contributed by atoms with Gasteiger partial charge in [0.25, 0.3) is 5.56 Å². The quantitative estimate of drug-likeness (QED) is 0.774. The highest BCUT2D eigenvalue weighted by Gasteiger charge is 2.15. The van der Waals surface area contributed by atoms with Crippen molar-refractivity contribution >= 4 is 16.6 Å². The van der Waals surface area contributed by atoms with Crippen molar-refractivity contribution in [2.45, 2.75) is 6.54 Å². The number of aryl methyl sites for hydroxylation is 1. The van der Waals surface area contributed by atoms with Gasteiger partial charge in [-0.2, -0.15) is 0 Å². The molecule has 0 saturated heterocycles. The van der Waals surface area contributed by atoms with E-state index >= 15 is 0 Å². The third-order valence-electron chi connectivity index (χ3n) is 3.58. The predicted octanol–water partition coefficient (Wildman–Crippen LogP) is 2.46. The van der Waals surface area contributed by atoms with Gasteiger partial charge in [0.05, 0.1) is 25.4 Å². The highest BCUT2D eigenvalue weighted by atomic mass is 16.5. The number of anilines is 1. The molecule has 0 spiro atoms. The third kappa shape index (κ3) is 2.28. The number of furan rings is 1. The van der Waals surface area contributed by atoms with Crippen LogP contribution in [0.5, 0.6) is 11.5 Å². The van der Waals surface area contributed by atoms with Crippen LogP contribution in [0.25, 0.3) is 10.9 Å². The van der Waals surface area contributed by atoms with E-state index in [9.17, 15) is 9.90 Å². The maximum Gasteiger partial charge on any atom is 0.297 e. The lowest BCUT2D eigenvalue weighted by atomic mass is 10.1. The van der Waals surface area contributed by atoms with E-state index in [1.807, 2.05) is 18.2 Å². The Morgan fingerprint density at radius 3 is 2.86 bits per heavy atom. The number of fused-ring (bicyclic) bond motifs is 1. The van der Waals surface area contributed by atoms with Crippen molar-refractivity contribution < 1.29 is 14.3 Å². The summed E-state index contributed by atoms with van der Waals surface area (Å²) in [4.78, 5) is 12.1. The first kappa shape index (κ1) is 14.1. The SMILES string of the molecule is COc1c(O)c2cc(NCc3ccco3)ccc2n(C)c1=O. The Bertz CT molecular complexity index is 866. The van der Waals surface area contributed by atoms with E-state index in [1.54, 1.807) is 25.4 Å². The van der Waals surface area contributed by atoms with Crippen LogP contribution in [0.1, 0.15) is 5.76 Å². The van der Waals surface area contributed by atoms with Crippen LogP contribution < -0.4 is 15.6 Å². The van der Waals surface area contributed by atoms with Gasteiger partial charge in [-0.1, -0.05) is 0 Å². The number of ether oxygens (including phenoxy) is 1. The summed E-state index contributed by atoms with van der Waals surface area (Å²) < 4.78 is 11.7. The smallest absolute Gasteiger partial charge is 0.297 e. The zero-order chi connectivity index (χ0) is 15.7. The van der Waals surface area contributed by atoms with Crippen molar-refractivity contribution in [1.29, 1.82) is 0 Å². The Labute approximate surface area is 126 Å². The van der Waals surface area contributed by atoms with Crippen LogP contribution in [-0.2, 0) is 13.6 Å². The Kier molecular flexibility index (Phi) is 3.50. The first-order valence-corrected chi connectivity index (χ1v) is 6.77. The Balaban J connectivity index is 2.03. The van der Waals surface area contributed by atoms with Gasteiger partial charge < -0.3 is 24.1 Å². The van der Waals surface area contributed by atoms with Crippen molar-refractivity contribution in [2.24, 2.45) is 7.05 Å². The Morgan fingerprint density at radius 1 is 1.36 bits per heavy atom. The summed E-state index contributed by atoms with van der Waals surface area (Å²) in [6.07, 6.45) is 1.61. The van der Waals surface area contributed by atoms with Crippen molar-refractivity contribution in [3.05, 3.63) is 52.7 Å². The summed E-state index contributed by atoms with van der Waals surface area (Å²) >= 11 is 0. The topological polar surface area (TPSA) is 76.6 Å². The van der Waals surface area contributed by atoms with Gasteiger partial charge in [0.1, 0.15) is 5.76 Å². The summed E-state index contributed by atoms with van der Waals surface area (Å²) in [5, 5.41) is 14.0. The highest BCUT2D eigenvalue weighted by molar-refractivity contribution is 5.90. The van der Waals surface area contributed by atoms with Crippen molar-refractivity contribution in [3.8, 4) is 11.5 Å². The van der Waals surface area contributed by atoms with Gasteiger partial charge in [-0.25, -0.2) is 0 Å². The maximum atomic E-state index is 12.1. The highest BCUT2D eigenvalue weighted by Crippen LogP contribution is 2.32. The molecular weight excluding hydrogens is 284 g/mol. The normalized spacial score (nSPS) is 10.8. The molecule has 0 bridgehead atoms. The molecule has 0 atom stereocenters. The minimum Gasteiger partial charge on any atom is -0.504 e. The molecule has 0 saturated carbocycles. The average Bonchev–Trinajstić information content (AvgIpc) is 3.04. The fourth-order valence-electron chi connectivity index (χ4n) is 2.40. The summed E-state index contributed by atoms with van der Waals surface area (Å²) in [7, 11) is 3.00. The van der Waals surface area contributed by atoms with Crippen molar-refractivity contribution in [2.75, 3.05) is 12.4 Å². The van der Waals surface area contributed by atoms with E-state index in [0.717, 1.165) is 11.4 Å². The van der Waals surface area contributed by atoms with Gasteiger partial charge in [-0.05, 0) is 30.3 Å². The third-order valence-corrected chi connectivity index (χ3v) is 3.58. The van der Waals surface area contributed by atoms with E-state index in [-0.39, 0.29) is 17.1 Å². The fourth-order valence-corrected chi connectivity index (χ4v) is 2.40. The number of methoxy groups -OCH3 is 1. The van der Waals surface area contributed by atoms with Crippen LogP contribution in [0, 0.1) is 0 Å². The molecule has 6 nitrogen and oxygen atoms in total. The second-order valence-electron chi connectivity index (χ2n) is 4.91. The molecule has 0 aliphatic rings. The van der Waals surface area contributed by atoms with Crippen LogP contribution >= 0.6 is 0 Å². The largest absolute Gasteiger partial charge is 0.504 e. The van der Waals surface area contributed by atoms with Crippen LogP contribution in [0.4, 0.5) is 5.69 Å². The molecule has 22 heavy (non-hydrogen) atoms. The molecule has 0 fully saturated rings.